The van der Waals surface area contributed by atoms with Crippen LogP contribution in [-0.4, -0.2) is 17.3 Å². The van der Waals surface area contributed by atoms with Crippen LogP contribution in [0.1, 0.15) is 10.5 Å². The third-order valence-electron chi connectivity index (χ3n) is 3.16. The first-order valence-electron chi connectivity index (χ1n) is 7.44. The van der Waals surface area contributed by atoms with Crippen molar-refractivity contribution in [3.8, 4) is 5.75 Å². The van der Waals surface area contributed by atoms with Crippen molar-refractivity contribution >= 4 is 33.8 Å². The van der Waals surface area contributed by atoms with Gasteiger partial charge in [0.25, 0.3) is 5.91 Å². The normalized spacial score (nSPS) is 11.1. The number of halogens is 4. The second-order valence-electron chi connectivity index (χ2n) is 5.20. The van der Waals surface area contributed by atoms with Crippen LogP contribution < -0.4 is 15.4 Å². The fourth-order valence-corrected chi connectivity index (χ4v) is 2.77. The number of alkyl halides is 3. The predicted octanol–water partition coefficient (Wildman–Crippen LogP) is 5.18. The molecular formula is C17H11F4N3O2S. The van der Waals surface area contributed by atoms with E-state index in [2.05, 4.69) is 20.4 Å². The van der Waals surface area contributed by atoms with Gasteiger partial charge in [-0.25, -0.2) is 9.37 Å². The number of carbonyl (C=O) groups is 1. The van der Waals surface area contributed by atoms with Gasteiger partial charge in [-0.15, -0.1) is 24.5 Å². The molecule has 27 heavy (non-hydrogen) atoms. The van der Waals surface area contributed by atoms with Crippen LogP contribution in [0.15, 0.2) is 53.9 Å². The molecule has 0 fully saturated rings. The van der Waals surface area contributed by atoms with Crippen LogP contribution in [0.5, 0.6) is 5.75 Å². The minimum absolute atomic E-state index is 0.115. The maximum atomic E-state index is 13.1. The quantitative estimate of drug-likeness (QED) is 0.583. The van der Waals surface area contributed by atoms with E-state index in [1.54, 1.807) is 0 Å². The van der Waals surface area contributed by atoms with Crippen molar-refractivity contribution in [2.45, 2.75) is 6.36 Å². The summed E-state index contributed by atoms with van der Waals surface area (Å²) in [5.74, 6) is -1.34. The molecule has 140 valence electrons. The molecule has 0 aliphatic carbocycles. The van der Waals surface area contributed by atoms with Crippen LogP contribution in [0.25, 0.3) is 0 Å². The first-order valence-corrected chi connectivity index (χ1v) is 8.32. The van der Waals surface area contributed by atoms with Crippen LogP contribution in [0.4, 0.5) is 34.1 Å². The standard InChI is InChI=1S/C17H11F4N3O2S/c18-10-2-1-3-12(8-10)22-15(25)14-9-27-16(24-14)23-11-4-6-13(7-5-11)26-17(19,20)21/h1-9H,(H,22,25)(H,23,24). The van der Waals surface area contributed by atoms with Crippen LogP contribution in [0, 0.1) is 5.82 Å². The van der Waals surface area contributed by atoms with Gasteiger partial charge >= 0.3 is 6.36 Å². The Hall–Kier alpha value is -3.14. The van der Waals surface area contributed by atoms with Gasteiger partial charge in [0, 0.05) is 16.8 Å². The maximum Gasteiger partial charge on any atom is 0.573 e. The number of nitrogens with one attached hydrogen (secondary N) is 2. The summed E-state index contributed by atoms with van der Waals surface area (Å²) in [6.45, 7) is 0. The first kappa shape index (κ1) is 18.6. The molecule has 1 heterocycles. The van der Waals surface area contributed by atoms with E-state index in [0.29, 0.717) is 16.5 Å². The predicted molar refractivity (Wildman–Crippen MR) is 92.9 cm³/mol. The summed E-state index contributed by atoms with van der Waals surface area (Å²) >= 11 is 1.13. The first-order chi connectivity index (χ1) is 12.8. The largest absolute Gasteiger partial charge is 0.573 e. The van der Waals surface area contributed by atoms with Crippen LogP contribution in [-0.2, 0) is 0 Å². The van der Waals surface area contributed by atoms with Gasteiger partial charge < -0.3 is 15.4 Å². The van der Waals surface area contributed by atoms with Gasteiger partial charge in [0.1, 0.15) is 17.3 Å². The Kier molecular flexibility index (Phi) is 5.26. The van der Waals surface area contributed by atoms with Crippen molar-refractivity contribution in [3.05, 3.63) is 65.4 Å². The molecule has 2 N–H and O–H groups in total. The second kappa shape index (κ2) is 7.62. The molecule has 0 bridgehead atoms. The van der Waals surface area contributed by atoms with Crippen molar-refractivity contribution in [1.29, 1.82) is 0 Å². The second-order valence-corrected chi connectivity index (χ2v) is 6.06. The summed E-state index contributed by atoms with van der Waals surface area (Å²) in [6.07, 6.45) is -4.76. The summed E-state index contributed by atoms with van der Waals surface area (Å²) in [5.41, 5.74) is 0.877. The van der Waals surface area contributed by atoms with Crippen LogP contribution >= 0.6 is 11.3 Å². The number of thiazole rings is 1. The Labute approximate surface area is 154 Å². The van der Waals surface area contributed by atoms with E-state index >= 15 is 0 Å². The van der Waals surface area contributed by atoms with E-state index in [-0.39, 0.29) is 11.4 Å². The van der Waals surface area contributed by atoms with E-state index in [1.807, 2.05) is 0 Å². The molecule has 10 heteroatoms. The van der Waals surface area contributed by atoms with Gasteiger partial charge in [-0.2, -0.15) is 0 Å². The van der Waals surface area contributed by atoms with Gasteiger partial charge in [-0.1, -0.05) is 6.07 Å². The molecule has 1 aromatic heterocycles. The summed E-state index contributed by atoms with van der Waals surface area (Å²) in [4.78, 5) is 16.2. The van der Waals surface area contributed by atoms with Gasteiger partial charge in [0.05, 0.1) is 0 Å². The summed E-state index contributed by atoms with van der Waals surface area (Å²) < 4.78 is 53.3. The lowest BCUT2D eigenvalue weighted by molar-refractivity contribution is -0.274. The molecule has 0 saturated carbocycles. The fraction of sp³-hybridized carbons (Fsp3) is 0.0588. The van der Waals surface area contributed by atoms with Crippen LogP contribution in [0.3, 0.4) is 0 Å². The van der Waals surface area contributed by atoms with E-state index in [9.17, 15) is 22.4 Å². The SMILES string of the molecule is O=C(Nc1cccc(F)c1)c1csc(Nc2ccc(OC(F)(F)F)cc2)n1. The summed E-state index contributed by atoms with van der Waals surface area (Å²) in [6, 6.07) is 10.5. The highest BCUT2D eigenvalue weighted by molar-refractivity contribution is 7.14. The van der Waals surface area contributed by atoms with E-state index in [1.165, 1.54) is 41.8 Å². The molecule has 0 atom stereocenters. The Morgan fingerprint density at radius 3 is 2.48 bits per heavy atom. The van der Waals surface area contributed by atoms with E-state index in [4.69, 9.17) is 0 Å². The highest BCUT2D eigenvalue weighted by atomic mass is 32.1. The molecule has 3 rings (SSSR count). The Bertz CT molecular complexity index is 942. The molecule has 1 amide bonds. The number of ether oxygens (including phenoxy) is 1. The van der Waals surface area contributed by atoms with Crippen molar-refractivity contribution in [2.75, 3.05) is 10.6 Å². The van der Waals surface area contributed by atoms with Gasteiger partial charge in [0.2, 0.25) is 0 Å². The molecule has 5 nitrogen and oxygen atoms in total. The van der Waals surface area contributed by atoms with E-state index < -0.39 is 18.1 Å². The molecule has 3 aromatic rings. The van der Waals surface area contributed by atoms with Gasteiger partial charge in [-0.3, -0.25) is 4.79 Å². The van der Waals surface area contributed by atoms with Crippen molar-refractivity contribution in [1.82, 2.24) is 4.98 Å². The zero-order valence-electron chi connectivity index (χ0n) is 13.4. The summed E-state index contributed by atoms with van der Waals surface area (Å²) in [5, 5.41) is 7.26. The summed E-state index contributed by atoms with van der Waals surface area (Å²) in [7, 11) is 0. The molecule has 0 aliphatic heterocycles. The lowest BCUT2D eigenvalue weighted by Crippen LogP contribution is -2.16. The number of amides is 1. The van der Waals surface area contributed by atoms with Crippen molar-refractivity contribution in [2.24, 2.45) is 0 Å². The number of anilines is 3. The molecule has 0 spiro atoms. The lowest BCUT2D eigenvalue weighted by atomic mass is 10.3. The number of benzene rings is 2. The average Bonchev–Trinajstić information content (AvgIpc) is 3.04. The molecule has 0 unspecified atom stereocenters. The number of aromatic nitrogens is 1. The molecule has 0 aliphatic rings. The minimum Gasteiger partial charge on any atom is -0.406 e. The topological polar surface area (TPSA) is 63.2 Å². The van der Waals surface area contributed by atoms with Crippen LogP contribution in [0.2, 0.25) is 0 Å². The Morgan fingerprint density at radius 2 is 1.81 bits per heavy atom. The number of nitrogens with zero attached hydrogens (tertiary/aromatic N) is 1. The number of rotatable bonds is 5. The Balaban J connectivity index is 1.63. The third-order valence-corrected chi connectivity index (χ3v) is 3.92. The minimum atomic E-state index is -4.76. The fourth-order valence-electron chi connectivity index (χ4n) is 2.06. The van der Waals surface area contributed by atoms with Crippen molar-refractivity contribution in [3.63, 3.8) is 0 Å². The zero-order valence-corrected chi connectivity index (χ0v) is 14.2. The third kappa shape index (κ3) is 5.42. The van der Waals surface area contributed by atoms with E-state index in [0.717, 1.165) is 23.5 Å². The zero-order chi connectivity index (χ0) is 19.4. The molecule has 2 aromatic carbocycles. The maximum absolute atomic E-state index is 13.1. The molecule has 0 radical (unpaired) electrons. The monoisotopic (exact) mass is 397 g/mol. The molecular weight excluding hydrogens is 386 g/mol. The van der Waals surface area contributed by atoms with Gasteiger partial charge in [-0.05, 0) is 42.5 Å². The highest BCUT2D eigenvalue weighted by Crippen LogP contribution is 2.26. The number of hydrogen-bond donors (Lipinski definition) is 2. The lowest BCUT2D eigenvalue weighted by Gasteiger charge is -2.09. The van der Waals surface area contributed by atoms with Gasteiger partial charge in [0.15, 0.2) is 5.13 Å². The number of carbonyl (C=O) groups excluding carboxylic acids is 1. The smallest absolute Gasteiger partial charge is 0.406 e. The Morgan fingerprint density at radius 1 is 1.07 bits per heavy atom. The molecule has 0 saturated heterocycles. The number of hydrogen-bond acceptors (Lipinski definition) is 5. The highest BCUT2D eigenvalue weighted by Gasteiger charge is 2.30. The average molecular weight is 397 g/mol. The van der Waals surface area contributed by atoms with Crippen molar-refractivity contribution < 1.29 is 27.1 Å².